The van der Waals surface area contributed by atoms with Gasteiger partial charge in [0.05, 0.1) is 0 Å². The van der Waals surface area contributed by atoms with E-state index < -0.39 is 0 Å². The summed E-state index contributed by atoms with van der Waals surface area (Å²) in [5.74, 6) is 0. The first-order valence-electron chi connectivity index (χ1n) is 6.21. The molecule has 2 atom stereocenters. The third kappa shape index (κ3) is 2.63. The van der Waals surface area contributed by atoms with Crippen LogP contribution in [0.5, 0.6) is 0 Å². The van der Waals surface area contributed by atoms with E-state index in [4.69, 9.17) is 5.73 Å². The highest BCUT2D eigenvalue weighted by atomic mass is 15.2. The zero-order valence-corrected chi connectivity index (χ0v) is 10.3. The van der Waals surface area contributed by atoms with Crippen LogP contribution >= 0.6 is 0 Å². The summed E-state index contributed by atoms with van der Waals surface area (Å²) in [6.07, 6.45) is 2.27. The SMILES string of the molecule is Cc1ccccc1CN1CCC(N)CC1C. The second kappa shape index (κ2) is 4.98. The van der Waals surface area contributed by atoms with Crippen LogP contribution in [0.1, 0.15) is 30.9 Å². The van der Waals surface area contributed by atoms with Crippen molar-refractivity contribution in [2.75, 3.05) is 6.54 Å². The molecule has 1 aromatic carbocycles. The largest absolute Gasteiger partial charge is 0.328 e. The Labute approximate surface area is 98.4 Å². The fourth-order valence-corrected chi connectivity index (χ4v) is 2.50. The van der Waals surface area contributed by atoms with Gasteiger partial charge in [0.1, 0.15) is 0 Å². The molecule has 2 rings (SSSR count). The summed E-state index contributed by atoms with van der Waals surface area (Å²) in [7, 11) is 0. The quantitative estimate of drug-likeness (QED) is 0.825. The minimum absolute atomic E-state index is 0.406. The molecule has 1 aromatic rings. The lowest BCUT2D eigenvalue weighted by Crippen LogP contribution is -2.45. The highest BCUT2D eigenvalue weighted by Crippen LogP contribution is 2.19. The van der Waals surface area contributed by atoms with E-state index in [2.05, 4.69) is 43.0 Å². The molecule has 1 aliphatic rings. The van der Waals surface area contributed by atoms with E-state index in [1.165, 1.54) is 11.1 Å². The van der Waals surface area contributed by atoms with Crippen LogP contribution in [0.4, 0.5) is 0 Å². The number of aryl methyl sites for hydroxylation is 1. The molecule has 2 N–H and O–H groups in total. The van der Waals surface area contributed by atoms with Gasteiger partial charge in [0.2, 0.25) is 0 Å². The fraction of sp³-hybridized carbons (Fsp3) is 0.571. The zero-order chi connectivity index (χ0) is 11.5. The maximum atomic E-state index is 5.98. The summed E-state index contributed by atoms with van der Waals surface area (Å²) in [5, 5.41) is 0. The van der Waals surface area contributed by atoms with Gasteiger partial charge in [-0.3, -0.25) is 4.90 Å². The first kappa shape index (κ1) is 11.6. The van der Waals surface area contributed by atoms with Crippen molar-refractivity contribution in [3.8, 4) is 0 Å². The molecule has 0 radical (unpaired) electrons. The molecule has 1 heterocycles. The van der Waals surface area contributed by atoms with Gasteiger partial charge in [0.15, 0.2) is 0 Å². The molecule has 1 fully saturated rings. The Morgan fingerprint density at radius 1 is 1.38 bits per heavy atom. The average Bonchev–Trinajstić information content (AvgIpc) is 2.25. The Kier molecular flexibility index (Phi) is 3.62. The van der Waals surface area contributed by atoms with Crippen molar-refractivity contribution in [3.05, 3.63) is 35.4 Å². The number of nitrogens with zero attached hydrogens (tertiary/aromatic N) is 1. The Morgan fingerprint density at radius 3 is 2.81 bits per heavy atom. The van der Waals surface area contributed by atoms with E-state index in [9.17, 15) is 0 Å². The Morgan fingerprint density at radius 2 is 2.12 bits per heavy atom. The number of rotatable bonds is 2. The zero-order valence-electron chi connectivity index (χ0n) is 10.3. The van der Waals surface area contributed by atoms with Gasteiger partial charge in [-0.05, 0) is 37.8 Å². The summed E-state index contributed by atoms with van der Waals surface area (Å²) in [6, 6.07) is 9.68. The molecule has 0 saturated carbocycles. The van der Waals surface area contributed by atoms with E-state index >= 15 is 0 Å². The van der Waals surface area contributed by atoms with Crippen molar-refractivity contribution in [2.24, 2.45) is 5.73 Å². The molecule has 1 aliphatic heterocycles. The van der Waals surface area contributed by atoms with Crippen molar-refractivity contribution >= 4 is 0 Å². The Hall–Kier alpha value is -0.860. The van der Waals surface area contributed by atoms with Gasteiger partial charge in [-0.2, -0.15) is 0 Å². The van der Waals surface area contributed by atoms with Gasteiger partial charge in [-0.1, -0.05) is 24.3 Å². The molecule has 1 saturated heterocycles. The van der Waals surface area contributed by atoms with Crippen LogP contribution in [0.25, 0.3) is 0 Å². The Bertz CT molecular complexity index is 348. The van der Waals surface area contributed by atoms with Crippen molar-refractivity contribution in [2.45, 2.75) is 45.3 Å². The smallest absolute Gasteiger partial charge is 0.0239 e. The molecule has 88 valence electrons. The molecule has 0 amide bonds. The topological polar surface area (TPSA) is 29.3 Å². The maximum Gasteiger partial charge on any atom is 0.0239 e. The van der Waals surface area contributed by atoms with Crippen molar-refractivity contribution < 1.29 is 0 Å². The van der Waals surface area contributed by atoms with Gasteiger partial charge in [0.25, 0.3) is 0 Å². The van der Waals surface area contributed by atoms with Crippen LogP contribution in [0.15, 0.2) is 24.3 Å². The number of likely N-dealkylation sites (tertiary alicyclic amines) is 1. The second-order valence-electron chi connectivity index (χ2n) is 5.03. The van der Waals surface area contributed by atoms with Crippen LogP contribution in [-0.2, 0) is 6.54 Å². The number of hydrogen-bond donors (Lipinski definition) is 1. The molecule has 0 aromatic heterocycles. The maximum absolute atomic E-state index is 5.98. The second-order valence-corrected chi connectivity index (χ2v) is 5.03. The van der Waals surface area contributed by atoms with Gasteiger partial charge >= 0.3 is 0 Å². The lowest BCUT2D eigenvalue weighted by molar-refractivity contribution is 0.140. The third-order valence-electron chi connectivity index (χ3n) is 3.69. The van der Waals surface area contributed by atoms with Gasteiger partial charge in [-0.25, -0.2) is 0 Å². The van der Waals surface area contributed by atoms with Crippen molar-refractivity contribution in [3.63, 3.8) is 0 Å². The molecule has 2 unspecified atom stereocenters. The van der Waals surface area contributed by atoms with Crippen LogP contribution in [-0.4, -0.2) is 23.5 Å². The molecular weight excluding hydrogens is 196 g/mol. The van der Waals surface area contributed by atoms with Crippen LogP contribution in [0, 0.1) is 6.92 Å². The van der Waals surface area contributed by atoms with Crippen LogP contribution < -0.4 is 5.73 Å². The minimum atomic E-state index is 0.406. The summed E-state index contributed by atoms with van der Waals surface area (Å²) in [5.41, 5.74) is 8.83. The summed E-state index contributed by atoms with van der Waals surface area (Å²) in [6.45, 7) is 6.68. The Balaban J connectivity index is 2.02. The molecule has 2 heteroatoms. The highest BCUT2D eigenvalue weighted by molar-refractivity contribution is 5.25. The first-order valence-corrected chi connectivity index (χ1v) is 6.21. The van der Waals surface area contributed by atoms with E-state index in [-0.39, 0.29) is 0 Å². The lowest BCUT2D eigenvalue weighted by atomic mass is 9.98. The first-order chi connectivity index (χ1) is 7.66. The summed E-state index contributed by atoms with van der Waals surface area (Å²) in [4.78, 5) is 2.55. The lowest BCUT2D eigenvalue weighted by Gasteiger charge is -2.36. The number of benzene rings is 1. The highest BCUT2D eigenvalue weighted by Gasteiger charge is 2.23. The molecule has 16 heavy (non-hydrogen) atoms. The van der Waals surface area contributed by atoms with Gasteiger partial charge in [-0.15, -0.1) is 0 Å². The molecular formula is C14H22N2. The molecule has 0 aliphatic carbocycles. The average molecular weight is 218 g/mol. The molecule has 0 spiro atoms. The van der Waals surface area contributed by atoms with E-state index in [0.717, 1.165) is 25.9 Å². The predicted molar refractivity (Wildman–Crippen MR) is 68.3 cm³/mol. The number of nitrogens with two attached hydrogens (primary N) is 1. The van der Waals surface area contributed by atoms with E-state index in [0.29, 0.717) is 12.1 Å². The minimum Gasteiger partial charge on any atom is -0.328 e. The normalized spacial score (nSPS) is 26.9. The van der Waals surface area contributed by atoms with Gasteiger partial charge in [0, 0.05) is 25.2 Å². The van der Waals surface area contributed by atoms with Gasteiger partial charge < -0.3 is 5.73 Å². The fourth-order valence-electron chi connectivity index (χ4n) is 2.50. The van der Waals surface area contributed by atoms with Crippen LogP contribution in [0.3, 0.4) is 0 Å². The standard InChI is InChI=1S/C14H22N2/c1-11-5-3-4-6-13(11)10-16-8-7-14(15)9-12(16)2/h3-6,12,14H,7-10,15H2,1-2H3. The summed E-state index contributed by atoms with van der Waals surface area (Å²) >= 11 is 0. The number of piperidine rings is 1. The molecule has 2 nitrogen and oxygen atoms in total. The monoisotopic (exact) mass is 218 g/mol. The van der Waals surface area contributed by atoms with E-state index in [1.807, 2.05) is 0 Å². The number of hydrogen-bond acceptors (Lipinski definition) is 2. The van der Waals surface area contributed by atoms with Crippen molar-refractivity contribution in [1.82, 2.24) is 4.90 Å². The summed E-state index contributed by atoms with van der Waals surface area (Å²) < 4.78 is 0. The van der Waals surface area contributed by atoms with Crippen molar-refractivity contribution in [1.29, 1.82) is 0 Å². The van der Waals surface area contributed by atoms with Crippen LogP contribution in [0.2, 0.25) is 0 Å². The molecule has 0 bridgehead atoms. The predicted octanol–water partition coefficient (Wildman–Crippen LogP) is 2.31. The third-order valence-corrected chi connectivity index (χ3v) is 3.69. The van der Waals surface area contributed by atoms with E-state index in [1.54, 1.807) is 0 Å².